The van der Waals surface area contributed by atoms with Crippen LogP contribution in [0.25, 0.3) is 5.76 Å². The van der Waals surface area contributed by atoms with E-state index < -0.39 is 29.3 Å². The lowest BCUT2D eigenvalue weighted by molar-refractivity contribution is -0.140. The van der Waals surface area contributed by atoms with E-state index in [9.17, 15) is 19.1 Å². The zero-order chi connectivity index (χ0) is 24.4. The highest BCUT2D eigenvalue weighted by molar-refractivity contribution is 6.46. The average Bonchev–Trinajstić information content (AvgIpc) is 3.09. The quantitative estimate of drug-likeness (QED) is 0.300. The molecule has 0 radical (unpaired) electrons. The minimum atomic E-state index is -0.949. The lowest BCUT2D eigenvalue weighted by atomic mass is 9.95. The number of ketones is 1. The van der Waals surface area contributed by atoms with Gasteiger partial charge in [0.2, 0.25) is 0 Å². The minimum Gasteiger partial charge on any atom is -0.507 e. The molecule has 1 N–H and O–H groups in total. The highest BCUT2D eigenvalue weighted by atomic mass is 35.5. The maximum atomic E-state index is 14.0. The third-order valence-electron chi connectivity index (χ3n) is 5.68. The van der Waals surface area contributed by atoms with Crippen molar-refractivity contribution in [3.05, 3.63) is 99.8 Å². The second kappa shape index (κ2) is 9.57. The molecule has 1 amide bonds. The molecule has 0 bridgehead atoms. The highest BCUT2D eigenvalue weighted by Gasteiger charge is 2.46. The van der Waals surface area contributed by atoms with Crippen LogP contribution in [0.5, 0.6) is 11.5 Å². The number of aliphatic hydroxyl groups is 1. The summed E-state index contributed by atoms with van der Waals surface area (Å²) in [7, 11) is 2.88. The van der Waals surface area contributed by atoms with E-state index in [1.165, 1.54) is 31.3 Å². The number of carbonyl (C=O) groups excluding carboxylic acids is 2. The number of para-hydroxylation sites is 1. The molecule has 1 heterocycles. The van der Waals surface area contributed by atoms with E-state index in [4.69, 9.17) is 21.1 Å². The van der Waals surface area contributed by atoms with Gasteiger partial charge in [0.15, 0.2) is 0 Å². The van der Waals surface area contributed by atoms with Crippen molar-refractivity contribution in [3.8, 4) is 11.5 Å². The van der Waals surface area contributed by atoms with Crippen LogP contribution in [0.3, 0.4) is 0 Å². The molecule has 174 valence electrons. The van der Waals surface area contributed by atoms with Gasteiger partial charge in [-0.25, -0.2) is 4.39 Å². The Hall–Kier alpha value is -3.84. The lowest BCUT2D eigenvalue weighted by Gasteiger charge is -2.26. The number of aliphatic hydroxyl groups excluding tert-OH is 1. The normalized spacial score (nSPS) is 17.2. The van der Waals surface area contributed by atoms with Crippen LogP contribution in [0.4, 0.5) is 4.39 Å². The molecular weight excluding hydrogens is 461 g/mol. The van der Waals surface area contributed by atoms with Gasteiger partial charge in [-0.15, -0.1) is 0 Å². The monoisotopic (exact) mass is 481 g/mol. The molecule has 34 heavy (non-hydrogen) atoms. The molecule has 0 saturated carbocycles. The van der Waals surface area contributed by atoms with Crippen molar-refractivity contribution < 1.29 is 28.6 Å². The summed E-state index contributed by atoms with van der Waals surface area (Å²) in [5.74, 6) is -2.15. The van der Waals surface area contributed by atoms with Crippen LogP contribution in [0, 0.1) is 5.82 Å². The Morgan fingerprint density at radius 1 is 1.00 bits per heavy atom. The number of hydrogen-bond acceptors (Lipinski definition) is 5. The van der Waals surface area contributed by atoms with Crippen LogP contribution < -0.4 is 9.47 Å². The molecule has 1 aliphatic heterocycles. The maximum absolute atomic E-state index is 14.0. The zero-order valence-corrected chi connectivity index (χ0v) is 19.2. The number of methoxy groups -OCH3 is 2. The summed E-state index contributed by atoms with van der Waals surface area (Å²) in [4.78, 5) is 27.7. The molecular formula is C26H21ClFNO5. The van der Waals surface area contributed by atoms with Gasteiger partial charge in [0.1, 0.15) is 23.1 Å². The smallest absolute Gasteiger partial charge is 0.295 e. The summed E-state index contributed by atoms with van der Waals surface area (Å²) >= 11 is 6.05. The summed E-state index contributed by atoms with van der Waals surface area (Å²) in [6.45, 7) is 0.0406. The summed E-state index contributed by atoms with van der Waals surface area (Å²) in [6, 6.07) is 16.3. The number of amides is 1. The predicted molar refractivity (Wildman–Crippen MR) is 125 cm³/mol. The topological polar surface area (TPSA) is 76.1 Å². The SMILES string of the molecule is COc1ccccc1CN1C(=O)C(=O)/C(=C(/O)c2cc(F)ccc2OC)C1c1ccc(Cl)cc1. The number of carbonyl (C=O) groups is 2. The van der Waals surface area contributed by atoms with Crippen molar-refractivity contribution in [3.63, 3.8) is 0 Å². The van der Waals surface area contributed by atoms with Crippen molar-refractivity contribution in [2.75, 3.05) is 14.2 Å². The molecule has 0 aromatic heterocycles. The molecule has 1 fully saturated rings. The second-order valence-corrected chi connectivity index (χ2v) is 8.07. The molecule has 0 spiro atoms. The van der Waals surface area contributed by atoms with Gasteiger partial charge in [-0.05, 0) is 42.0 Å². The summed E-state index contributed by atoms with van der Waals surface area (Å²) < 4.78 is 24.7. The number of nitrogens with zero attached hydrogens (tertiary/aromatic N) is 1. The van der Waals surface area contributed by atoms with E-state index in [-0.39, 0.29) is 23.4 Å². The predicted octanol–water partition coefficient (Wildman–Crippen LogP) is 5.12. The van der Waals surface area contributed by atoms with Crippen LogP contribution in [-0.2, 0) is 16.1 Å². The molecule has 1 unspecified atom stereocenters. The first-order valence-electron chi connectivity index (χ1n) is 10.4. The number of benzene rings is 3. The van der Waals surface area contributed by atoms with E-state index in [0.717, 1.165) is 6.07 Å². The zero-order valence-electron chi connectivity index (χ0n) is 18.4. The fourth-order valence-corrected chi connectivity index (χ4v) is 4.19. The Morgan fingerprint density at radius 3 is 2.35 bits per heavy atom. The van der Waals surface area contributed by atoms with E-state index >= 15 is 0 Å². The first-order valence-corrected chi connectivity index (χ1v) is 10.7. The number of halogens is 2. The summed E-state index contributed by atoms with van der Waals surface area (Å²) in [5, 5.41) is 11.7. The molecule has 3 aromatic carbocycles. The second-order valence-electron chi connectivity index (χ2n) is 7.64. The Bertz CT molecular complexity index is 1290. The van der Waals surface area contributed by atoms with Gasteiger partial charge in [-0.2, -0.15) is 0 Å². The van der Waals surface area contributed by atoms with Crippen molar-refractivity contribution in [1.29, 1.82) is 0 Å². The highest BCUT2D eigenvalue weighted by Crippen LogP contribution is 2.42. The van der Waals surface area contributed by atoms with Gasteiger partial charge in [0.25, 0.3) is 11.7 Å². The lowest BCUT2D eigenvalue weighted by Crippen LogP contribution is -2.29. The minimum absolute atomic E-state index is 0.0308. The maximum Gasteiger partial charge on any atom is 0.295 e. The number of hydrogen-bond donors (Lipinski definition) is 1. The molecule has 4 rings (SSSR count). The number of likely N-dealkylation sites (tertiary alicyclic amines) is 1. The average molecular weight is 482 g/mol. The summed E-state index contributed by atoms with van der Waals surface area (Å²) in [6.07, 6.45) is 0. The fraction of sp³-hybridized carbons (Fsp3) is 0.154. The van der Waals surface area contributed by atoms with Crippen molar-refractivity contribution in [2.45, 2.75) is 12.6 Å². The Kier molecular flexibility index (Phi) is 6.56. The van der Waals surface area contributed by atoms with Crippen LogP contribution in [0.1, 0.15) is 22.7 Å². The number of ether oxygens (including phenoxy) is 2. The van der Waals surface area contributed by atoms with Crippen LogP contribution >= 0.6 is 11.6 Å². The molecule has 1 saturated heterocycles. The third-order valence-corrected chi connectivity index (χ3v) is 5.93. The van der Waals surface area contributed by atoms with Crippen molar-refractivity contribution in [2.24, 2.45) is 0 Å². The van der Waals surface area contributed by atoms with Crippen LogP contribution in [0.15, 0.2) is 72.3 Å². The molecule has 1 aliphatic rings. The number of rotatable bonds is 6. The molecule has 6 nitrogen and oxygen atoms in total. The molecule has 1 atom stereocenters. The Morgan fingerprint density at radius 2 is 1.68 bits per heavy atom. The van der Waals surface area contributed by atoms with E-state index in [1.807, 2.05) is 0 Å². The Labute approximate surface area is 200 Å². The first-order chi connectivity index (χ1) is 16.3. The summed E-state index contributed by atoms with van der Waals surface area (Å²) in [5.41, 5.74) is 1.02. The van der Waals surface area contributed by atoms with Gasteiger partial charge < -0.3 is 19.5 Å². The molecule has 0 aliphatic carbocycles. The van der Waals surface area contributed by atoms with Gasteiger partial charge in [-0.1, -0.05) is 41.9 Å². The van der Waals surface area contributed by atoms with Gasteiger partial charge in [0.05, 0.1) is 37.9 Å². The van der Waals surface area contributed by atoms with Crippen molar-refractivity contribution in [1.82, 2.24) is 4.90 Å². The number of Topliss-reactive ketones (excluding diaryl/α,β-unsaturated/α-hetero) is 1. The largest absolute Gasteiger partial charge is 0.507 e. The van der Waals surface area contributed by atoms with Gasteiger partial charge in [-0.3, -0.25) is 9.59 Å². The van der Waals surface area contributed by atoms with E-state index in [0.29, 0.717) is 21.9 Å². The van der Waals surface area contributed by atoms with Gasteiger partial charge in [0, 0.05) is 10.6 Å². The fourth-order valence-electron chi connectivity index (χ4n) is 4.06. The third kappa shape index (κ3) is 4.22. The standard InChI is InChI=1S/C26H21ClFNO5/c1-33-20-6-4-3-5-16(20)14-29-23(15-7-9-17(27)10-8-15)22(25(31)26(29)32)24(30)19-13-18(28)11-12-21(19)34-2/h3-13,23,30H,14H2,1-2H3/b24-22+. The van der Waals surface area contributed by atoms with E-state index in [1.54, 1.807) is 48.5 Å². The Balaban J connectivity index is 1.91. The molecule has 8 heteroatoms. The van der Waals surface area contributed by atoms with Crippen LogP contribution in [0.2, 0.25) is 5.02 Å². The molecule has 3 aromatic rings. The van der Waals surface area contributed by atoms with E-state index in [2.05, 4.69) is 0 Å². The van der Waals surface area contributed by atoms with Gasteiger partial charge >= 0.3 is 0 Å². The van der Waals surface area contributed by atoms with Crippen LogP contribution in [-0.4, -0.2) is 35.9 Å². The first kappa shape index (κ1) is 23.3. The van der Waals surface area contributed by atoms with Crippen molar-refractivity contribution >= 4 is 29.1 Å².